The molecule has 0 bridgehead atoms. The second-order valence-electron chi connectivity index (χ2n) is 8.24. The lowest BCUT2D eigenvalue weighted by molar-refractivity contribution is 0.0203. The lowest BCUT2D eigenvalue weighted by Crippen LogP contribution is -2.41. The topological polar surface area (TPSA) is 83.1 Å². The van der Waals surface area contributed by atoms with E-state index in [4.69, 9.17) is 4.74 Å². The number of carbonyl (C=O) groups excluding carboxylic acids is 1. The zero-order valence-electron chi connectivity index (χ0n) is 15.7. The molecule has 1 aromatic heterocycles. The van der Waals surface area contributed by atoms with Crippen molar-refractivity contribution in [2.45, 2.75) is 83.4 Å². The van der Waals surface area contributed by atoms with E-state index in [1.54, 1.807) is 4.90 Å². The van der Waals surface area contributed by atoms with E-state index >= 15 is 0 Å². The molecule has 0 unspecified atom stereocenters. The van der Waals surface area contributed by atoms with Crippen molar-refractivity contribution in [2.75, 3.05) is 13.1 Å². The lowest BCUT2D eigenvalue weighted by Gasteiger charge is -2.32. The van der Waals surface area contributed by atoms with Gasteiger partial charge in [-0.25, -0.2) is 9.78 Å². The van der Waals surface area contributed by atoms with Crippen LogP contribution in [0.25, 0.3) is 0 Å². The predicted octanol–water partition coefficient (Wildman–Crippen LogP) is 2.95. The number of H-pyrrole nitrogens is 1. The summed E-state index contributed by atoms with van der Waals surface area (Å²) in [5.74, 6) is 2.11. The molecule has 2 aliphatic rings. The van der Waals surface area contributed by atoms with Gasteiger partial charge < -0.3 is 15.0 Å². The third kappa shape index (κ3) is 5.17. The zero-order chi connectivity index (χ0) is 17.9. The molecule has 1 aliphatic carbocycles. The van der Waals surface area contributed by atoms with Gasteiger partial charge in [-0.05, 0) is 46.5 Å². The summed E-state index contributed by atoms with van der Waals surface area (Å²) in [6.07, 6.45) is 6.74. The van der Waals surface area contributed by atoms with Crippen LogP contribution >= 0.6 is 0 Å². The maximum Gasteiger partial charge on any atom is 0.410 e. The standard InChI is InChI=1S/C18H31N5O2/c1-18(2,3)25-17(24)23-10-8-13(9-11-23)16-20-15(21-22-16)12-19-14-6-4-5-7-14/h13-14,19H,4-12H2,1-3H3,(H,20,21,22). The summed E-state index contributed by atoms with van der Waals surface area (Å²) < 4.78 is 5.44. The molecular weight excluding hydrogens is 318 g/mol. The monoisotopic (exact) mass is 349 g/mol. The van der Waals surface area contributed by atoms with Crippen molar-refractivity contribution in [3.8, 4) is 0 Å². The van der Waals surface area contributed by atoms with Gasteiger partial charge in [-0.1, -0.05) is 12.8 Å². The Morgan fingerprint density at radius 2 is 1.92 bits per heavy atom. The Hall–Kier alpha value is -1.63. The van der Waals surface area contributed by atoms with Crippen LogP contribution in [0.4, 0.5) is 4.79 Å². The number of aromatic nitrogens is 3. The molecular formula is C18H31N5O2. The van der Waals surface area contributed by atoms with E-state index in [0.29, 0.717) is 25.0 Å². The molecule has 2 N–H and O–H groups in total. The molecule has 25 heavy (non-hydrogen) atoms. The highest BCUT2D eigenvalue weighted by molar-refractivity contribution is 5.68. The SMILES string of the molecule is CC(C)(C)OC(=O)N1CCC(c2n[nH]c(CNC3CCCC3)n2)CC1. The molecule has 1 amide bonds. The molecule has 1 aliphatic heterocycles. The van der Waals surface area contributed by atoms with Gasteiger partial charge in [-0.15, -0.1) is 0 Å². The first-order chi connectivity index (χ1) is 11.9. The Morgan fingerprint density at radius 3 is 2.56 bits per heavy atom. The molecule has 7 heteroatoms. The van der Waals surface area contributed by atoms with Gasteiger partial charge in [0.15, 0.2) is 5.82 Å². The van der Waals surface area contributed by atoms with Crippen molar-refractivity contribution >= 4 is 6.09 Å². The maximum absolute atomic E-state index is 12.1. The molecule has 1 saturated carbocycles. The molecule has 3 rings (SSSR count). The summed E-state index contributed by atoms with van der Waals surface area (Å²) in [6, 6.07) is 0.630. The van der Waals surface area contributed by atoms with Gasteiger partial charge in [-0.2, -0.15) is 5.10 Å². The lowest BCUT2D eigenvalue weighted by atomic mass is 9.96. The Bertz CT molecular complexity index is 566. The molecule has 0 atom stereocenters. The molecule has 1 aromatic rings. The Kier molecular flexibility index (Phi) is 5.61. The van der Waals surface area contributed by atoms with Crippen molar-refractivity contribution in [3.05, 3.63) is 11.6 Å². The number of aromatic amines is 1. The first-order valence-corrected chi connectivity index (χ1v) is 9.53. The minimum absolute atomic E-state index is 0.220. The van der Waals surface area contributed by atoms with Crippen LogP contribution in [0.1, 0.15) is 76.9 Å². The average Bonchev–Trinajstić information content (AvgIpc) is 3.23. The van der Waals surface area contributed by atoms with Gasteiger partial charge in [0.05, 0.1) is 6.54 Å². The van der Waals surface area contributed by atoms with Crippen molar-refractivity contribution < 1.29 is 9.53 Å². The van der Waals surface area contributed by atoms with Crippen LogP contribution in [-0.4, -0.2) is 50.9 Å². The molecule has 0 spiro atoms. The fourth-order valence-corrected chi connectivity index (χ4v) is 3.59. The number of carbonyl (C=O) groups is 1. The largest absolute Gasteiger partial charge is 0.444 e. The smallest absolute Gasteiger partial charge is 0.410 e. The number of nitrogens with zero attached hydrogens (tertiary/aromatic N) is 3. The molecule has 1 saturated heterocycles. The average molecular weight is 349 g/mol. The number of amides is 1. The third-order valence-electron chi connectivity index (χ3n) is 4.97. The number of likely N-dealkylation sites (tertiary alicyclic amines) is 1. The normalized spacial score (nSPS) is 20.2. The third-order valence-corrected chi connectivity index (χ3v) is 4.97. The van der Waals surface area contributed by atoms with Crippen LogP contribution in [0.15, 0.2) is 0 Å². The van der Waals surface area contributed by atoms with E-state index in [2.05, 4.69) is 20.5 Å². The summed E-state index contributed by atoms with van der Waals surface area (Å²) in [7, 11) is 0. The van der Waals surface area contributed by atoms with E-state index in [1.807, 2.05) is 20.8 Å². The summed E-state index contributed by atoms with van der Waals surface area (Å²) in [5.41, 5.74) is -0.446. The van der Waals surface area contributed by atoms with Crippen LogP contribution in [0, 0.1) is 0 Å². The number of hydrogen-bond donors (Lipinski definition) is 2. The van der Waals surface area contributed by atoms with E-state index in [0.717, 1.165) is 31.0 Å². The van der Waals surface area contributed by atoms with Crippen molar-refractivity contribution in [1.82, 2.24) is 25.4 Å². The number of hydrogen-bond acceptors (Lipinski definition) is 5. The summed E-state index contributed by atoms with van der Waals surface area (Å²) in [6.45, 7) is 7.84. The Labute approximate surface area is 149 Å². The fourth-order valence-electron chi connectivity index (χ4n) is 3.59. The number of ether oxygens (including phenoxy) is 1. The van der Waals surface area contributed by atoms with Gasteiger partial charge >= 0.3 is 6.09 Å². The number of rotatable bonds is 4. The van der Waals surface area contributed by atoms with Crippen molar-refractivity contribution in [1.29, 1.82) is 0 Å². The van der Waals surface area contributed by atoms with Crippen LogP contribution < -0.4 is 5.32 Å². The van der Waals surface area contributed by atoms with E-state index in [9.17, 15) is 4.79 Å². The first kappa shape index (κ1) is 18.2. The summed E-state index contributed by atoms with van der Waals surface area (Å²) in [4.78, 5) is 18.6. The molecule has 2 heterocycles. The van der Waals surface area contributed by atoms with E-state index in [1.165, 1.54) is 25.7 Å². The van der Waals surface area contributed by atoms with E-state index < -0.39 is 5.60 Å². The highest BCUT2D eigenvalue weighted by Gasteiger charge is 2.29. The van der Waals surface area contributed by atoms with Crippen LogP contribution in [0.5, 0.6) is 0 Å². The molecule has 0 radical (unpaired) electrons. The molecule has 140 valence electrons. The molecule has 7 nitrogen and oxygen atoms in total. The van der Waals surface area contributed by atoms with Crippen molar-refractivity contribution in [3.63, 3.8) is 0 Å². The zero-order valence-corrected chi connectivity index (χ0v) is 15.7. The number of nitrogens with one attached hydrogen (secondary N) is 2. The summed E-state index contributed by atoms with van der Waals surface area (Å²) >= 11 is 0. The van der Waals surface area contributed by atoms with Gasteiger partial charge in [0.2, 0.25) is 0 Å². The maximum atomic E-state index is 12.1. The molecule has 2 fully saturated rings. The minimum atomic E-state index is -0.446. The van der Waals surface area contributed by atoms with Gasteiger partial charge in [-0.3, -0.25) is 5.10 Å². The highest BCUT2D eigenvalue weighted by Crippen LogP contribution is 2.26. The first-order valence-electron chi connectivity index (χ1n) is 9.53. The van der Waals surface area contributed by atoms with Crippen LogP contribution in [0.2, 0.25) is 0 Å². The fraction of sp³-hybridized carbons (Fsp3) is 0.833. The predicted molar refractivity (Wildman–Crippen MR) is 95.3 cm³/mol. The van der Waals surface area contributed by atoms with Crippen LogP contribution in [0.3, 0.4) is 0 Å². The Morgan fingerprint density at radius 1 is 1.24 bits per heavy atom. The molecule has 0 aromatic carbocycles. The van der Waals surface area contributed by atoms with E-state index in [-0.39, 0.29) is 6.09 Å². The second-order valence-corrected chi connectivity index (χ2v) is 8.24. The van der Waals surface area contributed by atoms with Gasteiger partial charge in [0.1, 0.15) is 11.4 Å². The second kappa shape index (κ2) is 7.72. The Balaban J connectivity index is 1.45. The summed E-state index contributed by atoms with van der Waals surface area (Å²) in [5, 5.41) is 11.0. The quantitative estimate of drug-likeness (QED) is 0.873. The minimum Gasteiger partial charge on any atom is -0.444 e. The van der Waals surface area contributed by atoms with Crippen LogP contribution in [-0.2, 0) is 11.3 Å². The number of piperidine rings is 1. The van der Waals surface area contributed by atoms with Crippen molar-refractivity contribution in [2.24, 2.45) is 0 Å². The van der Waals surface area contributed by atoms with Gasteiger partial charge in [0.25, 0.3) is 0 Å². The highest BCUT2D eigenvalue weighted by atomic mass is 16.6. The van der Waals surface area contributed by atoms with Gasteiger partial charge in [0, 0.05) is 25.0 Å².